The van der Waals surface area contributed by atoms with Crippen molar-refractivity contribution in [2.45, 2.75) is 5.88 Å². The average Bonchev–Trinajstić information content (AvgIpc) is 2.39. The van der Waals surface area contributed by atoms with Crippen molar-refractivity contribution in [3.8, 4) is 0 Å². The Labute approximate surface area is 112 Å². The van der Waals surface area contributed by atoms with E-state index in [-0.39, 0.29) is 11.7 Å². The third kappa shape index (κ3) is 4.44. The molecule has 0 unspecified atom stereocenters. The molecule has 0 aliphatic carbocycles. The van der Waals surface area contributed by atoms with Crippen molar-refractivity contribution >= 4 is 17.3 Å². The average molecular weight is 276 g/mol. The Balaban J connectivity index is 2.88. The first-order valence-corrected chi connectivity index (χ1v) is 6.33. The highest BCUT2D eigenvalue weighted by Gasteiger charge is 2.11. The summed E-state index contributed by atoms with van der Waals surface area (Å²) >= 11 is 5.86. The zero-order valence-corrected chi connectivity index (χ0v) is 11.5. The molecule has 0 fully saturated rings. The van der Waals surface area contributed by atoms with Crippen LogP contribution < -0.4 is 4.90 Å². The largest absolute Gasteiger partial charge is 0.383 e. The Morgan fingerprint density at radius 1 is 1.17 bits per heavy atom. The van der Waals surface area contributed by atoms with E-state index in [1.54, 1.807) is 20.3 Å². The maximum atomic E-state index is 13.2. The molecule has 0 atom stereocenters. The summed E-state index contributed by atoms with van der Waals surface area (Å²) in [5.74, 6) is 0.0108. The Morgan fingerprint density at radius 3 is 2.28 bits per heavy atom. The summed E-state index contributed by atoms with van der Waals surface area (Å²) in [5, 5.41) is 0. The van der Waals surface area contributed by atoms with Gasteiger partial charge in [0, 0.05) is 38.9 Å². The van der Waals surface area contributed by atoms with Gasteiger partial charge in [-0.05, 0) is 23.8 Å². The second-order valence-corrected chi connectivity index (χ2v) is 4.15. The number of hydrogen-bond donors (Lipinski definition) is 0. The summed E-state index contributed by atoms with van der Waals surface area (Å²) in [7, 11) is 3.31. The molecule has 102 valence electrons. The Morgan fingerprint density at radius 2 is 1.78 bits per heavy atom. The predicted octanol–water partition coefficient (Wildman–Crippen LogP) is 2.66. The van der Waals surface area contributed by atoms with E-state index in [1.807, 2.05) is 0 Å². The molecule has 0 amide bonds. The van der Waals surface area contributed by atoms with Crippen LogP contribution in [0.4, 0.5) is 10.1 Å². The minimum atomic E-state index is -0.271. The molecule has 0 heterocycles. The molecule has 0 N–H and O–H groups in total. The van der Waals surface area contributed by atoms with Crippen molar-refractivity contribution in [2.24, 2.45) is 0 Å². The highest BCUT2D eigenvalue weighted by atomic mass is 35.5. The second-order valence-electron chi connectivity index (χ2n) is 3.88. The lowest BCUT2D eigenvalue weighted by Gasteiger charge is -2.26. The lowest BCUT2D eigenvalue weighted by Crippen LogP contribution is -2.31. The number of alkyl halides is 1. The van der Waals surface area contributed by atoms with Crippen LogP contribution in [0.5, 0.6) is 0 Å². The monoisotopic (exact) mass is 275 g/mol. The van der Waals surface area contributed by atoms with Crippen LogP contribution in [0.15, 0.2) is 18.2 Å². The van der Waals surface area contributed by atoms with Gasteiger partial charge in [0.15, 0.2) is 0 Å². The van der Waals surface area contributed by atoms with Crippen LogP contribution in [0.2, 0.25) is 0 Å². The first-order valence-electron chi connectivity index (χ1n) is 5.80. The fraction of sp³-hybridized carbons (Fsp3) is 0.538. The number of nitrogens with zero attached hydrogens (tertiary/aromatic N) is 1. The molecule has 0 aliphatic rings. The molecule has 1 aromatic carbocycles. The zero-order valence-electron chi connectivity index (χ0n) is 10.8. The Bertz CT molecular complexity index is 355. The molecule has 0 bridgehead atoms. The first-order chi connectivity index (χ1) is 8.72. The van der Waals surface area contributed by atoms with E-state index in [4.69, 9.17) is 21.1 Å². The van der Waals surface area contributed by atoms with Crippen molar-refractivity contribution < 1.29 is 13.9 Å². The van der Waals surface area contributed by atoms with Gasteiger partial charge in [-0.3, -0.25) is 0 Å². The molecular weight excluding hydrogens is 257 g/mol. The molecule has 18 heavy (non-hydrogen) atoms. The maximum Gasteiger partial charge on any atom is 0.123 e. The third-order valence-corrected chi connectivity index (χ3v) is 2.94. The predicted molar refractivity (Wildman–Crippen MR) is 71.9 cm³/mol. The molecule has 0 aliphatic heterocycles. The van der Waals surface area contributed by atoms with Crippen molar-refractivity contribution in [1.29, 1.82) is 0 Å². The molecule has 5 heteroatoms. The fourth-order valence-corrected chi connectivity index (χ4v) is 1.94. The van der Waals surface area contributed by atoms with Crippen LogP contribution in [0.25, 0.3) is 0 Å². The number of rotatable bonds is 8. The highest BCUT2D eigenvalue weighted by molar-refractivity contribution is 6.17. The summed E-state index contributed by atoms with van der Waals surface area (Å²) in [5.41, 5.74) is 1.71. The maximum absolute atomic E-state index is 13.2. The van der Waals surface area contributed by atoms with Gasteiger partial charge in [0.25, 0.3) is 0 Å². The number of halogens is 2. The van der Waals surface area contributed by atoms with Gasteiger partial charge >= 0.3 is 0 Å². The number of benzene rings is 1. The minimum Gasteiger partial charge on any atom is -0.383 e. The summed E-state index contributed by atoms with van der Waals surface area (Å²) in [6.45, 7) is 2.64. The molecule has 0 aromatic heterocycles. The van der Waals surface area contributed by atoms with Crippen LogP contribution in [-0.4, -0.2) is 40.5 Å². The molecule has 0 saturated heterocycles. The molecule has 0 spiro atoms. The van der Waals surface area contributed by atoms with Gasteiger partial charge in [-0.25, -0.2) is 4.39 Å². The summed E-state index contributed by atoms with van der Waals surface area (Å²) in [4.78, 5) is 2.09. The normalized spacial score (nSPS) is 10.7. The van der Waals surface area contributed by atoms with Crippen LogP contribution in [0.3, 0.4) is 0 Å². The van der Waals surface area contributed by atoms with E-state index in [0.29, 0.717) is 13.2 Å². The van der Waals surface area contributed by atoms with E-state index < -0.39 is 0 Å². The summed E-state index contributed by atoms with van der Waals surface area (Å²) < 4.78 is 23.3. The number of methoxy groups -OCH3 is 2. The second kappa shape index (κ2) is 8.29. The first kappa shape index (κ1) is 15.2. The molecule has 0 saturated carbocycles. The molecule has 1 aromatic rings. The lowest BCUT2D eigenvalue weighted by molar-refractivity contribution is 0.190. The standard InChI is InChI=1S/C13H19ClFNO2/c1-17-7-5-16(6-8-18-2)13-4-3-12(15)9-11(13)10-14/h3-4,9H,5-8,10H2,1-2H3. The number of anilines is 1. The third-order valence-electron chi connectivity index (χ3n) is 2.66. The molecule has 3 nitrogen and oxygen atoms in total. The Hall–Kier alpha value is -0.840. The topological polar surface area (TPSA) is 21.7 Å². The summed E-state index contributed by atoms with van der Waals surface area (Å²) in [6.07, 6.45) is 0. The van der Waals surface area contributed by atoms with Gasteiger partial charge in [-0.2, -0.15) is 0 Å². The fourth-order valence-electron chi connectivity index (χ4n) is 1.73. The number of ether oxygens (including phenoxy) is 2. The van der Waals surface area contributed by atoms with Crippen molar-refractivity contribution in [1.82, 2.24) is 0 Å². The van der Waals surface area contributed by atoms with Gasteiger partial charge in [0.2, 0.25) is 0 Å². The van der Waals surface area contributed by atoms with Crippen LogP contribution >= 0.6 is 11.6 Å². The lowest BCUT2D eigenvalue weighted by atomic mass is 10.1. The highest BCUT2D eigenvalue weighted by Crippen LogP contribution is 2.23. The van der Waals surface area contributed by atoms with Crippen molar-refractivity contribution in [3.63, 3.8) is 0 Å². The van der Waals surface area contributed by atoms with Crippen LogP contribution in [-0.2, 0) is 15.4 Å². The SMILES string of the molecule is COCCN(CCOC)c1ccc(F)cc1CCl. The quantitative estimate of drug-likeness (QED) is 0.681. The van der Waals surface area contributed by atoms with E-state index in [9.17, 15) is 4.39 Å². The van der Waals surface area contributed by atoms with Crippen LogP contribution in [0.1, 0.15) is 5.56 Å². The van der Waals surface area contributed by atoms with E-state index in [2.05, 4.69) is 4.90 Å². The van der Waals surface area contributed by atoms with Gasteiger partial charge in [-0.1, -0.05) is 0 Å². The van der Waals surface area contributed by atoms with Gasteiger partial charge in [0.05, 0.1) is 13.2 Å². The van der Waals surface area contributed by atoms with E-state index >= 15 is 0 Å². The van der Waals surface area contributed by atoms with E-state index in [0.717, 1.165) is 24.3 Å². The number of hydrogen-bond acceptors (Lipinski definition) is 3. The molecular formula is C13H19ClFNO2. The molecule has 1 rings (SSSR count). The zero-order chi connectivity index (χ0) is 13.4. The van der Waals surface area contributed by atoms with E-state index in [1.165, 1.54) is 12.1 Å². The Kier molecular flexibility index (Phi) is 7.01. The molecule has 0 radical (unpaired) electrons. The smallest absolute Gasteiger partial charge is 0.123 e. The van der Waals surface area contributed by atoms with Gasteiger partial charge in [-0.15, -0.1) is 11.6 Å². The van der Waals surface area contributed by atoms with Gasteiger partial charge < -0.3 is 14.4 Å². The van der Waals surface area contributed by atoms with Gasteiger partial charge in [0.1, 0.15) is 5.82 Å². The van der Waals surface area contributed by atoms with Crippen molar-refractivity contribution in [2.75, 3.05) is 45.4 Å². The summed E-state index contributed by atoms with van der Waals surface area (Å²) in [6, 6.07) is 4.66. The minimum absolute atomic E-state index is 0.271. The van der Waals surface area contributed by atoms with Crippen molar-refractivity contribution in [3.05, 3.63) is 29.6 Å². The van der Waals surface area contributed by atoms with Crippen LogP contribution in [0, 0.1) is 5.82 Å².